The number of nitrogens with one attached hydrogen (secondary N) is 2. The lowest BCUT2D eigenvalue weighted by Gasteiger charge is -2.63. The van der Waals surface area contributed by atoms with Gasteiger partial charge in [0, 0.05) is 24.2 Å². The standard InChI is InChI=1S/C26H43N5O3/c1-24-9-7-19(34-13-3-12-27)14-17(24)4-5-21-20(24)8-10-25(2)18(6-11-26(21,25)33)15-29-31-23-28-16-22(32)30-23/h15,17-21,33H,3-14,16,27H2,1-2H3,(H2,28,30,31,32)/b29-15+/t17-,18-,19+,20+,21-,24+,25-,26+/m1/s1. The maximum Gasteiger partial charge on any atom is 0.248 e. The number of ether oxygens (including phenoxy) is 1. The molecule has 5 rings (SSSR count). The van der Waals surface area contributed by atoms with Crippen molar-refractivity contribution in [2.75, 3.05) is 19.7 Å². The number of hydrogen-bond donors (Lipinski definition) is 4. The lowest BCUT2D eigenvalue weighted by Crippen LogP contribution is -2.62. The van der Waals surface area contributed by atoms with Crippen LogP contribution in [-0.2, 0) is 9.53 Å². The molecule has 5 aliphatic rings. The zero-order valence-corrected chi connectivity index (χ0v) is 20.9. The molecule has 34 heavy (non-hydrogen) atoms. The van der Waals surface area contributed by atoms with Gasteiger partial charge in [0.25, 0.3) is 0 Å². The molecule has 0 unspecified atom stereocenters. The predicted octanol–water partition coefficient (Wildman–Crippen LogP) is 2.56. The molecule has 0 spiro atoms. The number of carbonyl (C=O) groups excluding carboxylic acids is 1. The van der Waals surface area contributed by atoms with Crippen molar-refractivity contribution in [3.63, 3.8) is 0 Å². The van der Waals surface area contributed by atoms with Crippen molar-refractivity contribution in [1.29, 1.82) is 0 Å². The van der Waals surface area contributed by atoms with Gasteiger partial charge >= 0.3 is 0 Å². The molecule has 1 aliphatic heterocycles. The molecule has 0 radical (unpaired) electrons. The summed E-state index contributed by atoms with van der Waals surface area (Å²) in [6, 6.07) is 0. The summed E-state index contributed by atoms with van der Waals surface area (Å²) in [5, 5.41) is 19.3. The van der Waals surface area contributed by atoms with E-state index in [-0.39, 0.29) is 23.8 Å². The van der Waals surface area contributed by atoms with Gasteiger partial charge in [-0.05, 0) is 93.9 Å². The quantitative estimate of drug-likeness (QED) is 0.268. The first kappa shape index (κ1) is 24.2. The fraction of sp³-hybridized carbons (Fsp3) is 0.885. The van der Waals surface area contributed by atoms with Crippen molar-refractivity contribution in [3.05, 3.63) is 0 Å². The molecule has 0 aromatic rings. The van der Waals surface area contributed by atoms with Crippen LogP contribution in [0.4, 0.5) is 0 Å². The van der Waals surface area contributed by atoms with Gasteiger partial charge in [-0.2, -0.15) is 5.10 Å². The van der Waals surface area contributed by atoms with Crippen molar-refractivity contribution in [3.8, 4) is 0 Å². The van der Waals surface area contributed by atoms with E-state index in [1.54, 1.807) is 0 Å². The summed E-state index contributed by atoms with van der Waals surface area (Å²) >= 11 is 0. The lowest BCUT2D eigenvalue weighted by atomic mass is 9.43. The smallest absolute Gasteiger partial charge is 0.248 e. The van der Waals surface area contributed by atoms with Crippen molar-refractivity contribution in [1.82, 2.24) is 10.7 Å². The SMILES string of the molecule is C[C@]12CC[C@H](OCCCN)C[C@H]1CC[C@@H]1[C@@H]2CC[C@]2(C)[C@@H](/C=N/NC3=NCC(=O)N3)CC[C@]12O. The van der Waals surface area contributed by atoms with Gasteiger partial charge in [0.2, 0.25) is 11.9 Å². The highest BCUT2D eigenvalue weighted by atomic mass is 16.5. The number of nitrogens with two attached hydrogens (primary N) is 1. The van der Waals surface area contributed by atoms with Crippen LogP contribution in [0.2, 0.25) is 0 Å². The summed E-state index contributed by atoms with van der Waals surface area (Å²) in [7, 11) is 0. The molecule has 0 aromatic heterocycles. The highest BCUT2D eigenvalue weighted by Gasteiger charge is 2.66. The maximum atomic E-state index is 12.3. The maximum absolute atomic E-state index is 12.3. The number of aliphatic imine (C=N–C) groups is 1. The van der Waals surface area contributed by atoms with Crippen LogP contribution in [0.3, 0.4) is 0 Å². The number of aliphatic hydroxyl groups is 1. The minimum absolute atomic E-state index is 0.113. The third-order valence-corrected chi connectivity index (χ3v) is 10.6. The summed E-state index contributed by atoms with van der Waals surface area (Å²) in [5.41, 5.74) is 8.03. The Kier molecular flexibility index (Phi) is 6.53. The molecule has 8 nitrogen and oxygen atoms in total. The van der Waals surface area contributed by atoms with E-state index in [1.807, 2.05) is 6.21 Å². The molecule has 1 amide bonds. The van der Waals surface area contributed by atoms with Crippen LogP contribution >= 0.6 is 0 Å². The molecule has 4 saturated carbocycles. The van der Waals surface area contributed by atoms with Gasteiger partial charge in [-0.1, -0.05) is 13.8 Å². The molecule has 1 heterocycles. The average molecular weight is 474 g/mol. The van der Waals surface area contributed by atoms with Gasteiger partial charge in [-0.25, -0.2) is 10.4 Å². The molecule has 0 aromatic carbocycles. The molecule has 8 heteroatoms. The largest absolute Gasteiger partial charge is 0.389 e. The zero-order chi connectivity index (χ0) is 24.0. The number of rotatable bonds is 6. The van der Waals surface area contributed by atoms with E-state index in [0.717, 1.165) is 45.1 Å². The number of carbonyl (C=O) groups is 1. The van der Waals surface area contributed by atoms with E-state index in [0.29, 0.717) is 41.8 Å². The Morgan fingerprint density at radius 3 is 2.82 bits per heavy atom. The first-order chi connectivity index (χ1) is 16.3. The van der Waals surface area contributed by atoms with E-state index < -0.39 is 5.60 Å². The summed E-state index contributed by atoms with van der Waals surface area (Å²) in [6.45, 7) is 6.44. The molecular formula is C26H43N5O3. The first-order valence-electron chi connectivity index (χ1n) is 13.5. The Hall–Kier alpha value is -1.51. The Labute approximate surface area is 203 Å². The topological polar surface area (TPSA) is 121 Å². The van der Waals surface area contributed by atoms with Crippen LogP contribution in [0.5, 0.6) is 0 Å². The van der Waals surface area contributed by atoms with E-state index in [2.05, 4.69) is 34.7 Å². The molecule has 5 N–H and O–H groups in total. The number of amides is 1. The number of fused-ring (bicyclic) bond motifs is 5. The molecular weight excluding hydrogens is 430 g/mol. The number of hydrazone groups is 1. The second kappa shape index (κ2) is 9.17. The van der Waals surface area contributed by atoms with E-state index in [4.69, 9.17) is 10.5 Å². The molecule has 4 fully saturated rings. The first-order valence-corrected chi connectivity index (χ1v) is 13.5. The Morgan fingerprint density at radius 2 is 2.06 bits per heavy atom. The van der Waals surface area contributed by atoms with Crippen LogP contribution < -0.4 is 16.5 Å². The van der Waals surface area contributed by atoms with Crippen LogP contribution in [0.25, 0.3) is 0 Å². The number of guanidine groups is 1. The van der Waals surface area contributed by atoms with Crippen LogP contribution in [0.1, 0.15) is 78.1 Å². The zero-order valence-electron chi connectivity index (χ0n) is 20.9. The molecule has 0 bridgehead atoms. The second-order valence-corrected chi connectivity index (χ2v) is 12.0. The van der Waals surface area contributed by atoms with E-state index in [9.17, 15) is 9.90 Å². The highest BCUT2D eigenvalue weighted by molar-refractivity contribution is 6.02. The van der Waals surface area contributed by atoms with E-state index in [1.165, 1.54) is 25.7 Å². The fourth-order valence-electron chi connectivity index (χ4n) is 8.56. The highest BCUT2D eigenvalue weighted by Crippen LogP contribution is 2.68. The third kappa shape index (κ3) is 3.90. The van der Waals surface area contributed by atoms with Crippen LogP contribution in [0.15, 0.2) is 10.1 Å². The predicted molar refractivity (Wildman–Crippen MR) is 132 cm³/mol. The lowest BCUT2D eigenvalue weighted by molar-refractivity contribution is -0.207. The van der Waals surface area contributed by atoms with Gasteiger partial charge in [-0.3, -0.25) is 10.1 Å². The summed E-state index contributed by atoms with van der Waals surface area (Å²) in [5.74, 6) is 2.18. The van der Waals surface area contributed by atoms with Crippen molar-refractivity contribution < 1.29 is 14.6 Å². The van der Waals surface area contributed by atoms with Crippen LogP contribution in [-0.4, -0.2) is 54.6 Å². The van der Waals surface area contributed by atoms with Crippen molar-refractivity contribution >= 4 is 18.1 Å². The molecule has 4 aliphatic carbocycles. The fourth-order valence-corrected chi connectivity index (χ4v) is 8.56. The summed E-state index contributed by atoms with van der Waals surface area (Å²) < 4.78 is 6.17. The summed E-state index contributed by atoms with van der Waals surface area (Å²) in [6.07, 6.45) is 13.2. The average Bonchev–Trinajstić information content (AvgIpc) is 3.34. The van der Waals surface area contributed by atoms with E-state index >= 15 is 0 Å². The Balaban J connectivity index is 1.26. The van der Waals surface area contributed by atoms with Crippen molar-refractivity contribution in [2.24, 2.45) is 50.3 Å². The normalized spacial score (nSPS) is 45.9. The Morgan fingerprint density at radius 1 is 1.21 bits per heavy atom. The van der Waals surface area contributed by atoms with Crippen LogP contribution in [0, 0.1) is 34.5 Å². The minimum atomic E-state index is -0.631. The monoisotopic (exact) mass is 473 g/mol. The molecule has 8 atom stereocenters. The summed E-state index contributed by atoms with van der Waals surface area (Å²) in [4.78, 5) is 15.4. The molecule has 0 saturated heterocycles. The number of hydrogen-bond acceptors (Lipinski definition) is 7. The molecule has 190 valence electrons. The van der Waals surface area contributed by atoms with Gasteiger partial charge in [0.1, 0.15) is 6.54 Å². The Bertz CT molecular complexity index is 848. The minimum Gasteiger partial charge on any atom is -0.389 e. The van der Waals surface area contributed by atoms with Gasteiger partial charge in [0.05, 0.1) is 11.7 Å². The van der Waals surface area contributed by atoms with Gasteiger partial charge in [-0.15, -0.1) is 0 Å². The van der Waals surface area contributed by atoms with Crippen molar-refractivity contribution in [2.45, 2.75) is 89.8 Å². The van der Waals surface area contributed by atoms with Gasteiger partial charge < -0.3 is 15.6 Å². The van der Waals surface area contributed by atoms with Gasteiger partial charge in [0.15, 0.2) is 0 Å². The third-order valence-electron chi connectivity index (χ3n) is 10.6. The number of nitrogens with zero attached hydrogens (tertiary/aromatic N) is 2. The second-order valence-electron chi connectivity index (χ2n) is 12.0.